The lowest BCUT2D eigenvalue weighted by molar-refractivity contribution is 0.102. The maximum absolute atomic E-state index is 12.2. The van der Waals surface area contributed by atoms with Crippen LogP contribution >= 0.6 is 11.6 Å². The van der Waals surface area contributed by atoms with Crippen LogP contribution in [0, 0.1) is 0 Å². The summed E-state index contributed by atoms with van der Waals surface area (Å²) >= 11 is 5.96. The largest absolute Gasteiger partial charge is 0.319 e. The monoisotopic (exact) mass is 305 g/mol. The van der Waals surface area contributed by atoms with Crippen LogP contribution in [0.4, 0.5) is 5.69 Å². The van der Waals surface area contributed by atoms with Crippen molar-refractivity contribution in [2.45, 2.75) is 18.9 Å². The number of aromatic nitrogens is 3. The lowest BCUT2D eigenvalue weighted by atomic mass is 10.1. The van der Waals surface area contributed by atoms with E-state index in [0.29, 0.717) is 22.3 Å². The number of anilines is 1. The number of hydrogen-bond donors (Lipinski definition) is 2. The van der Waals surface area contributed by atoms with Crippen molar-refractivity contribution in [3.05, 3.63) is 41.4 Å². The third kappa shape index (κ3) is 3.22. The summed E-state index contributed by atoms with van der Waals surface area (Å²) in [7, 11) is 0. The summed E-state index contributed by atoms with van der Waals surface area (Å²) in [4.78, 5) is 16.0. The van der Waals surface area contributed by atoms with Crippen molar-refractivity contribution in [3.8, 4) is 0 Å². The fraction of sp³-hybridized carbons (Fsp3) is 0.357. The van der Waals surface area contributed by atoms with E-state index in [2.05, 4.69) is 20.7 Å². The summed E-state index contributed by atoms with van der Waals surface area (Å²) in [5, 5.41) is 10.8. The van der Waals surface area contributed by atoms with Gasteiger partial charge in [-0.3, -0.25) is 14.5 Å². The summed E-state index contributed by atoms with van der Waals surface area (Å²) < 4.78 is 1.92. The Labute approximate surface area is 127 Å². The van der Waals surface area contributed by atoms with E-state index in [4.69, 9.17) is 11.6 Å². The Morgan fingerprint density at radius 3 is 2.95 bits per heavy atom. The van der Waals surface area contributed by atoms with Crippen LogP contribution in [0.2, 0.25) is 5.02 Å². The quantitative estimate of drug-likeness (QED) is 0.911. The molecule has 0 bridgehead atoms. The predicted octanol–water partition coefficient (Wildman–Crippen LogP) is 2.11. The molecule has 1 saturated heterocycles. The highest BCUT2D eigenvalue weighted by Crippen LogP contribution is 2.20. The number of pyridine rings is 1. The second-order valence-electron chi connectivity index (χ2n) is 5.00. The van der Waals surface area contributed by atoms with Gasteiger partial charge in [-0.25, -0.2) is 0 Å². The highest BCUT2D eigenvalue weighted by Gasteiger charge is 2.17. The van der Waals surface area contributed by atoms with Crippen LogP contribution in [0.25, 0.3) is 0 Å². The van der Waals surface area contributed by atoms with Crippen molar-refractivity contribution in [3.63, 3.8) is 0 Å². The molecule has 6 nitrogen and oxygen atoms in total. The molecule has 0 aromatic carbocycles. The third-order valence-corrected chi connectivity index (χ3v) is 3.86. The molecule has 3 heterocycles. The van der Waals surface area contributed by atoms with Gasteiger partial charge >= 0.3 is 0 Å². The second-order valence-corrected chi connectivity index (χ2v) is 5.41. The van der Waals surface area contributed by atoms with Crippen molar-refractivity contribution >= 4 is 23.2 Å². The zero-order chi connectivity index (χ0) is 14.7. The first-order valence-electron chi connectivity index (χ1n) is 6.90. The number of halogens is 1. The molecule has 110 valence electrons. The fourth-order valence-corrected chi connectivity index (χ4v) is 2.64. The average Bonchev–Trinajstić information content (AvgIpc) is 2.97. The maximum Gasteiger partial charge on any atom is 0.257 e. The van der Waals surface area contributed by atoms with Gasteiger partial charge in [0.2, 0.25) is 0 Å². The predicted molar refractivity (Wildman–Crippen MR) is 80.6 cm³/mol. The van der Waals surface area contributed by atoms with Gasteiger partial charge in [0.25, 0.3) is 5.91 Å². The summed E-state index contributed by atoms with van der Waals surface area (Å²) in [5.41, 5.74) is 1.08. The molecule has 0 aliphatic carbocycles. The van der Waals surface area contributed by atoms with Gasteiger partial charge in [-0.1, -0.05) is 11.6 Å². The summed E-state index contributed by atoms with van der Waals surface area (Å²) in [5.74, 6) is -0.257. The first-order valence-corrected chi connectivity index (χ1v) is 7.27. The topological polar surface area (TPSA) is 71.8 Å². The van der Waals surface area contributed by atoms with Crippen LogP contribution in [-0.4, -0.2) is 33.8 Å². The van der Waals surface area contributed by atoms with E-state index in [1.807, 2.05) is 10.9 Å². The first kappa shape index (κ1) is 14.0. The minimum Gasteiger partial charge on any atom is -0.319 e. The Morgan fingerprint density at radius 1 is 1.38 bits per heavy atom. The average molecular weight is 306 g/mol. The Bertz CT molecular complexity index is 636. The van der Waals surface area contributed by atoms with Crippen LogP contribution < -0.4 is 10.6 Å². The van der Waals surface area contributed by atoms with Crippen LogP contribution in [0.5, 0.6) is 0 Å². The fourth-order valence-electron chi connectivity index (χ4n) is 2.43. The molecule has 2 N–H and O–H groups in total. The number of nitrogens with zero attached hydrogens (tertiary/aromatic N) is 3. The first-order chi connectivity index (χ1) is 10.2. The standard InChI is InChI=1S/C14H16ClN5O/c15-13-8-17-6-3-12(13)14(21)19-10-7-18-20(9-10)11-1-4-16-5-2-11/h3,6-9,11,16H,1-2,4-5H2,(H,19,21). The van der Waals surface area contributed by atoms with E-state index in [1.165, 1.54) is 6.20 Å². The molecule has 1 fully saturated rings. The molecule has 0 spiro atoms. The van der Waals surface area contributed by atoms with Gasteiger partial charge in [-0.05, 0) is 32.0 Å². The minimum atomic E-state index is -0.257. The maximum atomic E-state index is 12.2. The lowest BCUT2D eigenvalue weighted by Gasteiger charge is -2.22. The number of amides is 1. The molecule has 7 heteroatoms. The highest BCUT2D eigenvalue weighted by molar-refractivity contribution is 6.34. The Balaban J connectivity index is 1.69. The molecule has 3 rings (SSSR count). The van der Waals surface area contributed by atoms with Gasteiger partial charge < -0.3 is 10.6 Å². The van der Waals surface area contributed by atoms with Gasteiger partial charge in [0.15, 0.2) is 0 Å². The third-order valence-electron chi connectivity index (χ3n) is 3.56. The molecule has 0 saturated carbocycles. The summed E-state index contributed by atoms with van der Waals surface area (Å²) in [6.45, 7) is 2.00. The van der Waals surface area contributed by atoms with Crippen molar-refractivity contribution in [2.24, 2.45) is 0 Å². The number of carbonyl (C=O) groups is 1. The molecular weight excluding hydrogens is 290 g/mol. The molecule has 0 radical (unpaired) electrons. The van der Waals surface area contributed by atoms with Crippen molar-refractivity contribution in [2.75, 3.05) is 18.4 Å². The van der Waals surface area contributed by atoms with E-state index in [0.717, 1.165) is 25.9 Å². The van der Waals surface area contributed by atoms with Crippen LogP contribution in [0.3, 0.4) is 0 Å². The molecule has 2 aromatic rings. The Hall–Kier alpha value is -1.92. The molecule has 21 heavy (non-hydrogen) atoms. The van der Waals surface area contributed by atoms with Crippen molar-refractivity contribution in [1.82, 2.24) is 20.1 Å². The van der Waals surface area contributed by atoms with Gasteiger partial charge in [0.1, 0.15) is 0 Å². The number of piperidine rings is 1. The normalized spacial score (nSPS) is 15.9. The zero-order valence-electron chi connectivity index (χ0n) is 11.4. The molecule has 1 aliphatic heterocycles. The molecule has 1 amide bonds. The summed E-state index contributed by atoms with van der Waals surface area (Å²) in [6, 6.07) is 1.98. The Morgan fingerprint density at radius 2 is 2.19 bits per heavy atom. The number of nitrogens with one attached hydrogen (secondary N) is 2. The van der Waals surface area contributed by atoms with Crippen molar-refractivity contribution in [1.29, 1.82) is 0 Å². The molecule has 0 atom stereocenters. The molecule has 0 unspecified atom stereocenters. The SMILES string of the molecule is O=C(Nc1cnn(C2CCNCC2)c1)c1ccncc1Cl. The van der Waals surface area contributed by atoms with E-state index in [9.17, 15) is 4.79 Å². The molecular formula is C14H16ClN5O. The minimum absolute atomic E-state index is 0.257. The van der Waals surface area contributed by atoms with E-state index in [1.54, 1.807) is 18.5 Å². The number of rotatable bonds is 3. The van der Waals surface area contributed by atoms with Gasteiger partial charge in [0.05, 0.1) is 28.5 Å². The molecule has 1 aliphatic rings. The van der Waals surface area contributed by atoms with Crippen LogP contribution in [0.15, 0.2) is 30.9 Å². The summed E-state index contributed by atoms with van der Waals surface area (Å²) in [6.07, 6.45) is 8.61. The lowest BCUT2D eigenvalue weighted by Crippen LogP contribution is -2.29. The highest BCUT2D eigenvalue weighted by atomic mass is 35.5. The van der Waals surface area contributed by atoms with Crippen molar-refractivity contribution < 1.29 is 4.79 Å². The van der Waals surface area contributed by atoms with Gasteiger partial charge in [-0.15, -0.1) is 0 Å². The second kappa shape index (κ2) is 6.24. The number of carbonyl (C=O) groups excluding carboxylic acids is 1. The Kier molecular flexibility index (Phi) is 4.17. The smallest absolute Gasteiger partial charge is 0.257 e. The number of hydrogen-bond acceptors (Lipinski definition) is 4. The van der Waals surface area contributed by atoms with Gasteiger partial charge in [0, 0.05) is 18.6 Å². The van der Waals surface area contributed by atoms with E-state index in [-0.39, 0.29) is 5.91 Å². The van der Waals surface area contributed by atoms with Crippen LogP contribution in [0.1, 0.15) is 29.2 Å². The zero-order valence-corrected chi connectivity index (χ0v) is 12.2. The van der Waals surface area contributed by atoms with E-state index >= 15 is 0 Å². The van der Waals surface area contributed by atoms with E-state index < -0.39 is 0 Å². The van der Waals surface area contributed by atoms with Gasteiger partial charge in [-0.2, -0.15) is 5.10 Å². The molecule has 2 aromatic heterocycles. The van der Waals surface area contributed by atoms with Crippen LogP contribution in [-0.2, 0) is 0 Å².